The Morgan fingerprint density at radius 2 is 0.796 bits per heavy atom. The first-order chi connectivity index (χ1) is 24.3. The van der Waals surface area contributed by atoms with Crippen molar-refractivity contribution < 1.29 is 9.47 Å². The molecule has 3 nitrogen and oxygen atoms in total. The van der Waals surface area contributed by atoms with Gasteiger partial charge in [-0.05, 0) is 76.2 Å². The molecular formula is C46H31NO2. The van der Waals surface area contributed by atoms with E-state index in [1.54, 1.807) is 0 Å². The number of nitrogens with zero attached hydrogens (tertiary/aromatic N) is 1. The molecule has 0 fully saturated rings. The van der Waals surface area contributed by atoms with Crippen LogP contribution in [0.1, 0.15) is 0 Å². The van der Waals surface area contributed by atoms with Crippen molar-refractivity contribution in [3.63, 3.8) is 0 Å². The SMILES string of the molecule is c1ccc(-c2ccc(N(c3ccc(-c4ccccc4)cc3)c3ccccc3-c3cccc4c3Oc3cccc5cccc(c35)O4)cc2)cc1. The van der Waals surface area contributed by atoms with Crippen LogP contribution in [0.4, 0.5) is 17.1 Å². The minimum absolute atomic E-state index is 0.682. The largest absolute Gasteiger partial charge is 0.453 e. The minimum atomic E-state index is 0.682. The van der Waals surface area contributed by atoms with Crippen molar-refractivity contribution in [2.75, 3.05) is 4.90 Å². The van der Waals surface area contributed by atoms with Gasteiger partial charge in [0.15, 0.2) is 11.5 Å². The molecular weight excluding hydrogens is 599 g/mol. The predicted molar refractivity (Wildman–Crippen MR) is 202 cm³/mol. The number of hydrogen-bond donors (Lipinski definition) is 0. The van der Waals surface area contributed by atoms with Gasteiger partial charge >= 0.3 is 0 Å². The van der Waals surface area contributed by atoms with Gasteiger partial charge < -0.3 is 14.4 Å². The van der Waals surface area contributed by atoms with Crippen molar-refractivity contribution in [2.24, 2.45) is 0 Å². The highest BCUT2D eigenvalue weighted by Gasteiger charge is 2.25. The zero-order chi connectivity index (χ0) is 32.6. The molecule has 9 rings (SSSR count). The minimum Gasteiger partial charge on any atom is -0.453 e. The standard InChI is InChI=1S/C46H31NO2/c1-3-12-32(13-4-1)34-24-28-37(29-25-34)47(38-30-26-35(27-31-38)33-14-5-2-6-15-33)41-20-8-7-18-39(41)40-19-11-23-44-46(40)49-43-22-10-17-36-16-9-21-42(48-44)45(36)43/h1-31H. The van der Waals surface area contributed by atoms with Crippen LogP contribution in [-0.4, -0.2) is 0 Å². The van der Waals surface area contributed by atoms with E-state index in [0.29, 0.717) is 11.5 Å². The molecule has 3 heteroatoms. The van der Waals surface area contributed by atoms with Gasteiger partial charge in [-0.1, -0.05) is 140 Å². The average Bonchev–Trinajstić information content (AvgIpc) is 3.34. The molecule has 232 valence electrons. The van der Waals surface area contributed by atoms with Crippen molar-refractivity contribution in [1.82, 2.24) is 0 Å². The summed E-state index contributed by atoms with van der Waals surface area (Å²) in [5, 5.41) is 2.05. The van der Waals surface area contributed by atoms with E-state index in [1.807, 2.05) is 48.5 Å². The number of ether oxygens (including phenoxy) is 2. The Kier molecular flexibility index (Phi) is 7.14. The van der Waals surface area contributed by atoms with Crippen LogP contribution >= 0.6 is 0 Å². The van der Waals surface area contributed by atoms with Crippen molar-refractivity contribution >= 4 is 27.8 Å². The summed E-state index contributed by atoms with van der Waals surface area (Å²) in [5.41, 5.74) is 9.83. The summed E-state index contributed by atoms with van der Waals surface area (Å²) in [4.78, 5) is 2.32. The van der Waals surface area contributed by atoms with Crippen LogP contribution in [0, 0.1) is 0 Å². The summed E-state index contributed by atoms with van der Waals surface area (Å²) in [5.74, 6) is 2.94. The zero-order valence-corrected chi connectivity index (χ0v) is 26.7. The summed E-state index contributed by atoms with van der Waals surface area (Å²) in [6.45, 7) is 0. The summed E-state index contributed by atoms with van der Waals surface area (Å²) in [6, 6.07) is 65.5. The number of fused-ring (bicyclic) bond motifs is 1. The van der Waals surface area contributed by atoms with Crippen LogP contribution in [0.2, 0.25) is 0 Å². The van der Waals surface area contributed by atoms with E-state index >= 15 is 0 Å². The molecule has 0 amide bonds. The first kappa shape index (κ1) is 28.6. The zero-order valence-electron chi connectivity index (χ0n) is 26.7. The molecule has 49 heavy (non-hydrogen) atoms. The Morgan fingerprint density at radius 3 is 1.41 bits per heavy atom. The van der Waals surface area contributed by atoms with E-state index in [-0.39, 0.29) is 0 Å². The average molecular weight is 630 g/mol. The molecule has 0 unspecified atom stereocenters. The van der Waals surface area contributed by atoms with Gasteiger partial charge in [0.25, 0.3) is 0 Å². The van der Waals surface area contributed by atoms with Crippen molar-refractivity contribution in [1.29, 1.82) is 0 Å². The maximum absolute atomic E-state index is 6.79. The van der Waals surface area contributed by atoms with Gasteiger partial charge in [-0.3, -0.25) is 0 Å². The van der Waals surface area contributed by atoms with E-state index in [9.17, 15) is 0 Å². The third-order valence-corrected chi connectivity index (χ3v) is 9.14. The Hall–Kier alpha value is -6.58. The molecule has 1 heterocycles. The first-order valence-electron chi connectivity index (χ1n) is 16.5. The molecule has 0 N–H and O–H groups in total. The first-order valence-corrected chi connectivity index (χ1v) is 16.5. The Labute approximate surface area is 285 Å². The van der Waals surface area contributed by atoms with Gasteiger partial charge in [0, 0.05) is 22.5 Å². The topological polar surface area (TPSA) is 21.7 Å². The second-order valence-corrected chi connectivity index (χ2v) is 12.1. The maximum Gasteiger partial charge on any atom is 0.177 e. The molecule has 0 bridgehead atoms. The molecule has 0 spiro atoms. The van der Waals surface area contributed by atoms with Crippen LogP contribution in [0.15, 0.2) is 188 Å². The van der Waals surface area contributed by atoms with Gasteiger partial charge in [-0.25, -0.2) is 0 Å². The third kappa shape index (κ3) is 5.28. The smallest absolute Gasteiger partial charge is 0.177 e. The summed E-state index contributed by atoms with van der Waals surface area (Å²) in [6.07, 6.45) is 0. The number of rotatable bonds is 6. The normalized spacial score (nSPS) is 11.6. The molecule has 0 aliphatic carbocycles. The lowest BCUT2D eigenvalue weighted by molar-refractivity contribution is 0.441. The number of para-hydroxylation sites is 2. The summed E-state index contributed by atoms with van der Waals surface area (Å²) >= 11 is 0. The number of hydrogen-bond acceptors (Lipinski definition) is 3. The number of anilines is 3. The quantitative estimate of drug-likeness (QED) is 0.183. The lowest BCUT2D eigenvalue weighted by atomic mass is 9.99. The Balaban J connectivity index is 1.20. The molecule has 8 aromatic rings. The fraction of sp³-hybridized carbons (Fsp3) is 0. The monoisotopic (exact) mass is 629 g/mol. The van der Waals surface area contributed by atoms with E-state index in [0.717, 1.165) is 50.5 Å². The van der Waals surface area contributed by atoms with Crippen LogP contribution in [0.5, 0.6) is 23.0 Å². The van der Waals surface area contributed by atoms with Gasteiger partial charge in [0.05, 0.1) is 11.1 Å². The van der Waals surface area contributed by atoms with Gasteiger partial charge in [0.2, 0.25) is 0 Å². The van der Waals surface area contributed by atoms with Gasteiger partial charge in [-0.15, -0.1) is 0 Å². The molecule has 0 saturated heterocycles. The van der Waals surface area contributed by atoms with E-state index in [1.165, 1.54) is 22.3 Å². The molecule has 1 aliphatic rings. The van der Waals surface area contributed by atoms with Crippen molar-refractivity contribution in [3.05, 3.63) is 188 Å². The highest BCUT2D eigenvalue weighted by molar-refractivity contribution is 5.96. The van der Waals surface area contributed by atoms with Crippen molar-refractivity contribution in [3.8, 4) is 56.4 Å². The van der Waals surface area contributed by atoms with Crippen LogP contribution in [0.25, 0.3) is 44.2 Å². The molecule has 0 aromatic heterocycles. The van der Waals surface area contributed by atoms with E-state index < -0.39 is 0 Å². The van der Waals surface area contributed by atoms with E-state index in [4.69, 9.17) is 9.47 Å². The van der Waals surface area contributed by atoms with E-state index in [2.05, 4.69) is 144 Å². The van der Waals surface area contributed by atoms with Gasteiger partial charge in [-0.2, -0.15) is 0 Å². The highest BCUT2D eigenvalue weighted by atomic mass is 16.5. The fourth-order valence-electron chi connectivity index (χ4n) is 6.78. The lowest BCUT2D eigenvalue weighted by Gasteiger charge is -2.28. The van der Waals surface area contributed by atoms with Crippen LogP contribution in [0.3, 0.4) is 0 Å². The fourth-order valence-corrected chi connectivity index (χ4v) is 6.78. The Morgan fingerprint density at radius 1 is 0.327 bits per heavy atom. The Bertz CT molecular complexity index is 2330. The molecule has 0 atom stereocenters. The van der Waals surface area contributed by atoms with Crippen molar-refractivity contribution in [2.45, 2.75) is 0 Å². The molecule has 1 aliphatic heterocycles. The second-order valence-electron chi connectivity index (χ2n) is 12.1. The second kappa shape index (κ2) is 12.2. The van der Waals surface area contributed by atoms with Crippen LogP contribution in [-0.2, 0) is 0 Å². The third-order valence-electron chi connectivity index (χ3n) is 9.14. The summed E-state index contributed by atoms with van der Waals surface area (Å²) in [7, 11) is 0. The summed E-state index contributed by atoms with van der Waals surface area (Å²) < 4.78 is 13.4. The molecule has 8 aromatic carbocycles. The highest BCUT2D eigenvalue weighted by Crippen LogP contribution is 2.51. The van der Waals surface area contributed by atoms with Gasteiger partial charge in [0.1, 0.15) is 11.5 Å². The lowest BCUT2D eigenvalue weighted by Crippen LogP contribution is -2.11. The number of benzene rings is 8. The maximum atomic E-state index is 6.79. The predicted octanol–water partition coefficient (Wildman–Crippen LogP) is 13.2. The molecule has 0 radical (unpaired) electrons. The van der Waals surface area contributed by atoms with Crippen LogP contribution < -0.4 is 14.4 Å². The molecule has 0 saturated carbocycles.